The molecular formula is C20H27N5O8. The van der Waals surface area contributed by atoms with E-state index in [4.69, 9.17) is 21.7 Å². The highest BCUT2D eigenvalue weighted by molar-refractivity contribution is 5.94. The SMILES string of the molecule is NC(=O)CC(N)C(=O)NC(Cc1ccccc1)C(=O)NCC(=O)NC(CCC(=O)O)C(=O)O. The molecule has 0 radical (unpaired) electrons. The molecule has 3 atom stereocenters. The second-order valence-electron chi connectivity index (χ2n) is 7.14. The van der Waals surface area contributed by atoms with Gasteiger partial charge in [0, 0.05) is 12.8 Å². The highest BCUT2D eigenvalue weighted by Gasteiger charge is 2.26. The zero-order valence-electron chi connectivity index (χ0n) is 17.7. The van der Waals surface area contributed by atoms with E-state index in [1.165, 1.54) is 0 Å². The Morgan fingerprint density at radius 2 is 1.55 bits per heavy atom. The fraction of sp³-hybridized carbons (Fsp3) is 0.400. The standard InChI is InChI=1S/C20H27N5O8/c21-12(9-15(22)26)18(30)25-14(8-11-4-2-1-3-5-11)19(31)23-10-16(27)24-13(20(32)33)6-7-17(28)29/h1-5,12-14H,6-10,21H2,(H2,22,26)(H,23,31)(H,24,27)(H,25,30)(H,28,29)(H,32,33). The van der Waals surface area contributed by atoms with E-state index >= 15 is 0 Å². The van der Waals surface area contributed by atoms with E-state index in [-0.39, 0.29) is 12.8 Å². The number of amides is 4. The molecular weight excluding hydrogens is 438 g/mol. The van der Waals surface area contributed by atoms with Gasteiger partial charge < -0.3 is 37.6 Å². The van der Waals surface area contributed by atoms with Crippen LogP contribution in [0.3, 0.4) is 0 Å². The third-order valence-electron chi connectivity index (χ3n) is 4.38. The fourth-order valence-corrected chi connectivity index (χ4v) is 2.71. The Hall–Kier alpha value is -4.00. The van der Waals surface area contributed by atoms with Gasteiger partial charge in [-0.25, -0.2) is 4.79 Å². The van der Waals surface area contributed by atoms with Gasteiger partial charge in [0.25, 0.3) is 0 Å². The van der Waals surface area contributed by atoms with Gasteiger partial charge >= 0.3 is 11.9 Å². The maximum absolute atomic E-state index is 12.6. The lowest BCUT2D eigenvalue weighted by Crippen LogP contribution is -2.54. The van der Waals surface area contributed by atoms with Gasteiger partial charge in [-0.1, -0.05) is 30.3 Å². The second-order valence-corrected chi connectivity index (χ2v) is 7.14. The molecule has 33 heavy (non-hydrogen) atoms. The molecule has 0 fully saturated rings. The number of carboxylic acid groups (broad SMARTS) is 2. The van der Waals surface area contributed by atoms with E-state index < -0.39 is 73.1 Å². The van der Waals surface area contributed by atoms with Gasteiger partial charge in [0.15, 0.2) is 0 Å². The number of rotatable bonds is 14. The summed E-state index contributed by atoms with van der Waals surface area (Å²) in [4.78, 5) is 69.7. The first-order valence-corrected chi connectivity index (χ1v) is 9.89. The van der Waals surface area contributed by atoms with Gasteiger partial charge in [-0.05, 0) is 12.0 Å². The Kier molecular flexibility index (Phi) is 11.0. The summed E-state index contributed by atoms with van der Waals surface area (Å²) in [5.74, 6) is -5.86. The molecule has 0 saturated heterocycles. The first-order valence-electron chi connectivity index (χ1n) is 9.89. The first kappa shape index (κ1) is 27.0. The summed E-state index contributed by atoms with van der Waals surface area (Å²) in [7, 11) is 0. The summed E-state index contributed by atoms with van der Waals surface area (Å²) in [5.41, 5.74) is 11.3. The summed E-state index contributed by atoms with van der Waals surface area (Å²) < 4.78 is 0. The average molecular weight is 465 g/mol. The van der Waals surface area contributed by atoms with E-state index in [2.05, 4.69) is 16.0 Å². The summed E-state index contributed by atoms with van der Waals surface area (Å²) in [6.07, 6.45) is -1.20. The number of nitrogens with two attached hydrogens (primary N) is 2. The third-order valence-corrected chi connectivity index (χ3v) is 4.38. The topological polar surface area (TPSA) is 231 Å². The third kappa shape index (κ3) is 10.7. The Morgan fingerprint density at radius 1 is 0.909 bits per heavy atom. The smallest absolute Gasteiger partial charge is 0.326 e. The van der Waals surface area contributed by atoms with Gasteiger partial charge in [-0.2, -0.15) is 0 Å². The van der Waals surface area contributed by atoms with Crippen molar-refractivity contribution in [3.8, 4) is 0 Å². The van der Waals surface area contributed by atoms with Crippen LogP contribution in [0, 0.1) is 0 Å². The summed E-state index contributed by atoms with van der Waals surface area (Å²) >= 11 is 0. The lowest BCUT2D eigenvalue weighted by atomic mass is 10.0. The van der Waals surface area contributed by atoms with Crippen molar-refractivity contribution in [2.24, 2.45) is 11.5 Å². The van der Waals surface area contributed by atoms with Crippen LogP contribution < -0.4 is 27.4 Å². The van der Waals surface area contributed by atoms with E-state index in [1.807, 2.05) is 0 Å². The van der Waals surface area contributed by atoms with Gasteiger partial charge in [0.05, 0.1) is 19.0 Å². The van der Waals surface area contributed by atoms with Crippen molar-refractivity contribution in [2.75, 3.05) is 6.54 Å². The van der Waals surface area contributed by atoms with Crippen LogP contribution >= 0.6 is 0 Å². The van der Waals surface area contributed by atoms with Crippen molar-refractivity contribution in [1.82, 2.24) is 16.0 Å². The number of aliphatic carboxylic acids is 2. The van der Waals surface area contributed by atoms with E-state index in [0.717, 1.165) is 0 Å². The van der Waals surface area contributed by atoms with Crippen LogP contribution in [0.4, 0.5) is 0 Å². The Morgan fingerprint density at radius 3 is 2.09 bits per heavy atom. The molecule has 13 nitrogen and oxygen atoms in total. The molecule has 0 heterocycles. The predicted octanol–water partition coefficient (Wildman–Crippen LogP) is -2.53. The van der Waals surface area contributed by atoms with Gasteiger partial charge in [-0.3, -0.25) is 24.0 Å². The maximum atomic E-state index is 12.6. The molecule has 1 aromatic rings. The molecule has 13 heteroatoms. The van der Waals surface area contributed by atoms with Crippen molar-refractivity contribution >= 4 is 35.6 Å². The van der Waals surface area contributed by atoms with Crippen molar-refractivity contribution in [1.29, 1.82) is 0 Å². The van der Waals surface area contributed by atoms with E-state index in [1.54, 1.807) is 30.3 Å². The van der Waals surface area contributed by atoms with Crippen LogP contribution in [0.25, 0.3) is 0 Å². The van der Waals surface area contributed by atoms with E-state index in [9.17, 15) is 28.8 Å². The molecule has 3 unspecified atom stereocenters. The van der Waals surface area contributed by atoms with Crippen LogP contribution in [0.1, 0.15) is 24.8 Å². The summed E-state index contributed by atoms with van der Waals surface area (Å²) in [6.45, 7) is -0.621. The number of hydrogen-bond donors (Lipinski definition) is 7. The number of carbonyl (C=O) groups is 6. The number of primary amides is 1. The zero-order valence-corrected chi connectivity index (χ0v) is 17.7. The summed E-state index contributed by atoms with van der Waals surface area (Å²) in [5, 5.41) is 24.6. The molecule has 0 spiro atoms. The maximum Gasteiger partial charge on any atom is 0.326 e. The Bertz CT molecular complexity index is 876. The molecule has 1 rings (SSSR count). The van der Waals surface area contributed by atoms with Gasteiger partial charge in [-0.15, -0.1) is 0 Å². The van der Waals surface area contributed by atoms with Crippen molar-refractivity contribution in [3.05, 3.63) is 35.9 Å². The van der Waals surface area contributed by atoms with Crippen LogP contribution in [-0.4, -0.2) is 70.5 Å². The minimum absolute atomic E-state index is 0.0414. The highest BCUT2D eigenvalue weighted by Crippen LogP contribution is 2.04. The van der Waals surface area contributed by atoms with Crippen LogP contribution in [0.5, 0.6) is 0 Å². The molecule has 9 N–H and O–H groups in total. The first-order chi connectivity index (χ1) is 15.5. The molecule has 0 aliphatic heterocycles. The van der Waals surface area contributed by atoms with Gasteiger partial charge in [0.1, 0.15) is 12.1 Å². The zero-order chi connectivity index (χ0) is 25.0. The molecule has 0 aliphatic rings. The predicted molar refractivity (Wildman–Crippen MR) is 113 cm³/mol. The highest BCUT2D eigenvalue weighted by atomic mass is 16.4. The molecule has 4 amide bonds. The molecule has 0 bridgehead atoms. The second kappa shape index (κ2) is 13.4. The Labute approximate surface area is 188 Å². The number of carbonyl (C=O) groups excluding carboxylic acids is 4. The number of carboxylic acids is 2. The number of nitrogens with one attached hydrogen (secondary N) is 3. The lowest BCUT2D eigenvalue weighted by molar-refractivity contribution is -0.143. The van der Waals surface area contributed by atoms with Crippen molar-refractivity contribution in [2.45, 2.75) is 43.8 Å². The monoisotopic (exact) mass is 465 g/mol. The van der Waals surface area contributed by atoms with Crippen LogP contribution in [0.15, 0.2) is 30.3 Å². The largest absolute Gasteiger partial charge is 0.481 e. The average Bonchev–Trinajstić information content (AvgIpc) is 2.74. The molecule has 0 aromatic heterocycles. The minimum atomic E-state index is -1.45. The molecule has 180 valence electrons. The number of benzene rings is 1. The number of hydrogen-bond acceptors (Lipinski definition) is 7. The minimum Gasteiger partial charge on any atom is -0.481 e. The molecule has 0 aliphatic carbocycles. The van der Waals surface area contributed by atoms with Crippen molar-refractivity contribution < 1.29 is 39.0 Å². The quantitative estimate of drug-likeness (QED) is 0.153. The Balaban J connectivity index is 2.78. The van der Waals surface area contributed by atoms with Gasteiger partial charge in [0.2, 0.25) is 23.6 Å². The van der Waals surface area contributed by atoms with Crippen molar-refractivity contribution in [3.63, 3.8) is 0 Å². The normalized spacial score (nSPS) is 13.1. The van der Waals surface area contributed by atoms with Crippen LogP contribution in [-0.2, 0) is 35.2 Å². The molecule has 1 aromatic carbocycles. The van der Waals surface area contributed by atoms with E-state index in [0.29, 0.717) is 5.56 Å². The van der Waals surface area contributed by atoms with Crippen LogP contribution in [0.2, 0.25) is 0 Å². The summed E-state index contributed by atoms with van der Waals surface area (Å²) in [6, 6.07) is 4.75. The lowest BCUT2D eigenvalue weighted by Gasteiger charge is -2.21. The molecule has 0 saturated carbocycles. The fourth-order valence-electron chi connectivity index (χ4n) is 2.71.